The van der Waals surface area contributed by atoms with Crippen LogP contribution in [0.3, 0.4) is 0 Å². The van der Waals surface area contributed by atoms with Crippen LogP contribution < -0.4 is 10.6 Å². The van der Waals surface area contributed by atoms with E-state index in [9.17, 15) is 4.57 Å². The zero-order valence-corrected chi connectivity index (χ0v) is 17.1. The van der Waals surface area contributed by atoms with E-state index in [0.29, 0.717) is 4.22 Å². The van der Waals surface area contributed by atoms with E-state index in [1.807, 2.05) is 78.9 Å². The summed E-state index contributed by atoms with van der Waals surface area (Å²) in [6.45, 7) is 2.09. The fourth-order valence-electron chi connectivity index (χ4n) is 2.86. The Morgan fingerprint density at radius 1 is 0.808 bits per heavy atom. The quantitative estimate of drug-likeness (QED) is 0.346. The van der Waals surface area contributed by atoms with Crippen LogP contribution in [0.25, 0.3) is 5.57 Å². The molecule has 0 aromatic heterocycles. The molecule has 3 rings (SSSR count). The first kappa shape index (κ1) is 18.7. The molecule has 0 atom stereocenters. The molecule has 0 bridgehead atoms. The molecule has 0 spiro atoms. The van der Waals surface area contributed by atoms with Crippen LogP contribution in [-0.2, 0) is 4.57 Å². The Balaban J connectivity index is 2.26. The summed E-state index contributed by atoms with van der Waals surface area (Å²) in [7, 11) is -3.00. The van der Waals surface area contributed by atoms with E-state index >= 15 is 0 Å². The van der Waals surface area contributed by atoms with Gasteiger partial charge in [0.25, 0.3) is 0 Å². The molecule has 0 saturated heterocycles. The molecule has 0 aliphatic heterocycles. The highest BCUT2D eigenvalue weighted by Gasteiger charge is 2.30. The summed E-state index contributed by atoms with van der Waals surface area (Å²) < 4.78 is 14.8. The molecule has 0 heterocycles. The monoisotopic (exact) mass is 422 g/mol. The molecule has 1 nitrogen and oxygen atoms in total. The molecular formula is C23H20BrOP. The third kappa shape index (κ3) is 3.84. The normalized spacial score (nSPS) is 10.8. The Labute approximate surface area is 163 Å². The SMILES string of the molecule is CCC(=C=C(Br)P(=O)(c1ccccc1)c1ccccc1)c1ccccc1. The number of hydrogen-bond donors (Lipinski definition) is 0. The Hall–Kier alpha value is -2.11. The van der Waals surface area contributed by atoms with Gasteiger partial charge in [0.05, 0.1) is 0 Å². The molecule has 0 N–H and O–H groups in total. The van der Waals surface area contributed by atoms with Gasteiger partial charge in [0.15, 0.2) is 7.14 Å². The van der Waals surface area contributed by atoms with Gasteiger partial charge in [-0.1, -0.05) is 104 Å². The smallest absolute Gasteiger partial charge is 0.185 e. The molecule has 0 amide bonds. The second kappa shape index (κ2) is 8.52. The fourth-order valence-corrected chi connectivity index (χ4v) is 6.55. The molecule has 0 aliphatic carbocycles. The summed E-state index contributed by atoms with van der Waals surface area (Å²) in [5, 5.41) is 1.60. The second-order valence-corrected chi connectivity index (χ2v) is 10.00. The molecule has 26 heavy (non-hydrogen) atoms. The van der Waals surface area contributed by atoms with E-state index in [0.717, 1.165) is 28.2 Å². The van der Waals surface area contributed by atoms with Crippen molar-refractivity contribution in [3.05, 3.63) is 107 Å². The van der Waals surface area contributed by atoms with Crippen molar-refractivity contribution in [3.63, 3.8) is 0 Å². The van der Waals surface area contributed by atoms with Gasteiger partial charge in [-0.15, -0.1) is 0 Å². The van der Waals surface area contributed by atoms with Gasteiger partial charge in [-0.2, -0.15) is 0 Å². The Bertz CT molecular complexity index is 929. The van der Waals surface area contributed by atoms with Gasteiger partial charge in [0, 0.05) is 16.2 Å². The van der Waals surface area contributed by atoms with Crippen molar-refractivity contribution in [1.82, 2.24) is 0 Å². The van der Waals surface area contributed by atoms with Crippen LogP contribution in [0.4, 0.5) is 0 Å². The summed E-state index contributed by atoms with van der Waals surface area (Å²) in [6.07, 6.45) is 0.808. The standard InChI is InChI=1S/C23H20BrOP/c1-2-19(20-12-6-3-7-13-20)18-23(24)26(25,21-14-8-4-9-15-21)22-16-10-5-11-17-22/h3-17H,2H2,1H3. The number of allylic oxidation sites excluding steroid dienone is 1. The van der Waals surface area contributed by atoms with Crippen molar-refractivity contribution < 1.29 is 4.57 Å². The summed E-state index contributed by atoms with van der Waals surface area (Å²) in [5.74, 6) is 0. The largest absolute Gasteiger partial charge is 0.307 e. The molecule has 0 unspecified atom stereocenters. The van der Waals surface area contributed by atoms with Crippen molar-refractivity contribution in [2.75, 3.05) is 0 Å². The number of hydrogen-bond acceptors (Lipinski definition) is 1. The van der Waals surface area contributed by atoms with Gasteiger partial charge in [-0.05, 0) is 27.9 Å². The second-order valence-electron chi connectivity index (χ2n) is 5.89. The minimum absolute atomic E-state index is 0.600. The van der Waals surface area contributed by atoms with Crippen molar-refractivity contribution in [2.45, 2.75) is 13.3 Å². The topological polar surface area (TPSA) is 17.1 Å². The third-order valence-corrected chi connectivity index (χ3v) is 8.66. The van der Waals surface area contributed by atoms with Gasteiger partial charge in [-0.3, -0.25) is 0 Å². The van der Waals surface area contributed by atoms with Gasteiger partial charge in [0.2, 0.25) is 0 Å². The molecule has 0 saturated carbocycles. The predicted molar refractivity (Wildman–Crippen MR) is 116 cm³/mol. The van der Waals surface area contributed by atoms with Crippen LogP contribution in [0.2, 0.25) is 0 Å². The summed E-state index contributed by atoms with van der Waals surface area (Å²) in [5.41, 5.74) is 5.54. The van der Waals surface area contributed by atoms with E-state index in [-0.39, 0.29) is 0 Å². The lowest BCUT2D eigenvalue weighted by atomic mass is 10.1. The van der Waals surface area contributed by atoms with Gasteiger partial charge < -0.3 is 4.57 Å². The molecule has 3 heteroatoms. The lowest BCUT2D eigenvalue weighted by molar-refractivity contribution is 0.592. The zero-order chi connectivity index (χ0) is 18.4. The summed E-state index contributed by atoms with van der Waals surface area (Å²) in [4.78, 5) is 0. The van der Waals surface area contributed by atoms with Gasteiger partial charge in [0.1, 0.15) is 4.22 Å². The third-order valence-electron chi connectivity index (χ3n) is 4.25. The highest BCUT2D eigenvalue weighted by atomic mass is 79.9. The highest BCUT2D eigenvalue weighted by Crippen LogP contribution is 2.54. The molecule has 0 fully saturated rings. The van der Waals surface area contributed by atoms with Crippen LogP contribution >= 0.6 is 23.1 Å². The van der Waals surface area contributed by atoms with Crippen molar-refractivity contribution in [1.29, 1.82) is 0 Å². The van der Waals surface area contributed by atoms with E-state index in [1.165, 1.54) is 0 Å². The molecule has 0 aliphatic rings. The zero-order valence-electron chi connectivity index (χ0n) is 14.6. The van der Waals surface area contributed by atoms with Crippen LogP contribution in [0.1, 0.15) is 18.9 Å². The first-order valence-electron chi connectivity index (χ1n) is 8.59. The Morgan fingerprint density at radius 3 is 1.65 bits per heavy atom. The van der Waals surface area contributed by atoms with Crippen LogP contribution in [-0.4, -0.2) is 0 Å². The molecule has 130 valence electrons. The lowest BCUT2D eigenvalue weighted by Crippen LogP contribution is -2.15. The predicted octanol–water partition coefficient (Wildman–Crippen LogP) is 6.33. The maximum Gasteiger partial charge on any atom is 0.185 e. The maximum atomic E-state index is 14.2. The van der Waals surface area contributed by atoms with Gasteiger partial charge >= 0.3 is 0 Å². The Kier molecular flexibility index (Phi) is 6.12. The number of benzene rings is 3. The molecular weight excluding hydrogens is 403 g/mol. The highest BCUT2D eigenvalue weighted by molar-refractivity contribution is 9.13. The lowest BCUT2D eigenvalue weighted by Gasteiger charge is -2.18. The minimum atomic E-state index is -3.00. The number of rotatable bonds is 5. The van der Waals surface area contributed by atoms with Gasteiger partial charge in [-0.25, -0.2) is 0 Å². The first-order valence-corrected chi connectivity index (χ1v) is 11.1. The van der Waals surface area contributed by atoms with Crippen LogP contribution in [0.15, 0.2) is 101 Å². The first-order chi connectivity index (χ1) is 12.7. The Morgan fingerprint density at radius 2 is 1.23 bits per heavy atom. The van der Waals surface area contributed by atoms with Crippen molar-refractivity contribution in [3.8, 4) is 0 Å². The average Bonchev–Trinajstić information content (AvgIpc) is 2.73. The molecule has 0 radical (unpaired) electrons. The van der Waals surface area contributed by atoms with Crippen LogP contribution in [0, 0.1) is 0 Å². The van der Waals surface area contributed by atoms with Crippen molar-refractivity contribution >= 4 is 39.3 Å². The minimum Gasteiger partial charge on any atom is -0.307 e. The van der Waals surface area contributed by atoms with Crippen LogP contribution in [0.5, 0.6) is 0 Å². The maximum absolute atomic E-state index is 14.2. The average molecular weight is 423 g/mol. The number of halogens is 1. The van der Waals surface area contributed by atoms with E-state index in [1.54, 1.807) is 0 Å². The van der Waals surface area contributed by atoms with E-state index in [2.05, 4.69) is 40.7 Å². The molecule has 3 aromatic rings. The molecule has 3 aromatic carbocycles. The summed E-state index contributed by atoms with van der Waals surface area (Å²) >= 11 is 3.63. The van der Waals surface area contributed by atoms with E-state index < -0.39 is 7.14 Å². The fraction of sp³-hybridized carbons (Fsp3) is 0.0870. The van der Waals surface area contributed by atoms with Crippen molar-refractivity contribution in [2.24, 2.45) is 0 Å². The van der Waals surface area contributed by atoms with E-state index in [4.69, 9.17) is 0 Å². The summed E-state index contributed by atoms with van der Waals surface area (Å²) in [6, 6.07) is 29.4.